The first-order valence-corrected chi connectivity index (χ1v) is 16.5. The molecule has 1 aromatic heterocycles. The van der Waals surface area contributed by atoms with E-state index < -0.39 is 5.92 Å². The maximum atomic E-state index is 15.2. The lowest BCUT2D eigenvalue weighted by molar-refractivity contribution is -0.0173. The average molecular weight is 582 g/mol. The van der Waals surface area contributed by atoms with Crippen LogP contribution in [0.25, 0.3) is 6.08 Å². The zero-order chi connectivity index (χ0) is 28.9. The van der Waals surface area contributed by atoms with Crippen molar-refractivity contribution in [2.45, 2.75) is 77.7 Å². The van der Waals surface area contributed by atoms with Gasteiger partial charge < -0.3 is 15.1 Å². The number of thioether (sulfide) groups is 1. The lowest BCUT2D eigenvalue weighted by Gasteiger charge is -2.42. The number of anilines is 2. The molecule has 1 fully saturated rings. The molecule has 0 atom stereocenters. The molecule has 0 unspecified atom stereocenters. The van der Waals surface area contributed by atoms with Crippen LogP contribution in [0.15, 0.2) is 48.4 Å². The molecule has 6 bridgehead atoms. The monoisotopic (exact) mass is 581 g/mol. The highest BCUT2D eigenvalue weighted by atomic mass is 32.2. The molecule has 222 valence electrons. The van der Waals surface area contributed by atoms with Crippen LogP contribution in [-0.2, 0) is 12.5 Å². The second-order valence-electron chi connectivity index (χ2n) is 12.0. The van der Waals surface area contributed by atoms with Crippen LogP contribution >= 0.6 is 11.8 Å². The Labute approximate surface area is 248 Å². The molecule has 0 amide bonds. The van der Waals surface area contributed by atoms with Crippen LogP contribution in [0.2, 0.25) is 0 Å². The highest BCUT2D eigenvalue weighted by Gasteiger charge is 2.38. The average Bonchev–Trinajstić information content (AvgIpc) is 2.97. The number of benzene rings is 1. The summed E-state index contributed by atoms with van der Waals surface area (Å²) in [5.74, 6) is 1.08. The van der Waals surface area contributed by atoms with Gasteiger partial charge in [-0.3, -0.25) is 0 Å². The van der Waals surface area contributed by atoms with Gasteiger partial charge in [0.2, 0.25) is 0 Å². The van der Waals surface area contributed by atoms with Crippen molar-refractivity contribution >= 4 is 29.5 Å². The van der Waals surface area contributed by atoms with Gasteiger partial charge >= 0.3 is 0 Å². The molecule has 1 aromatic carbocycles. The number of nitrogens with one attached hydrogen (secondary N) is 1. The van der Waals surface area contributed by atoms with E-state index in [0.29, 0.717) is 19.5 Å². The molecule has 4 heterocycles. The summed E-state index contributed by atoms with van der Waals surface area (Å²) in [6, 6.07) is 6.85. The molecular formula is C33H45F2N5S. The molecule has 3 aliphatic rings. The summed E-state index contributed by atoms with van der Waals surface area (Å²) in [4.78, 5) is 14.0. The maximum Gasteiger partial charge on any atom is 0.273 e. The molecule has 8 heteroatoms. The first-order chi connectivity index (χ1) is 19.8. The zero-order valence-corrected chi connectivity index (χ0v) is 25.5. The van der Waals surface area contributed by atoms with Crippen LogP contribution in [0.3, 0.4) is 0 Å². The number of aromatic nitrogens is 2. The fraction of sp³-hybridized carbons (Fsp3) is 0.576. The van der Waals surface area contributed by atoms with Crippen LogP contribution in [-0.4, -0.2) is 52.6 Å². The minimum absolute atomic E-state index is 0.0582. The number of alkyl halides is 2. The Bertz CT molecular complexity index is 1240. The van der Waals surface area contributed by atoms with E-state index >= 15 is 8.78 Å². The van der Waals surface area contributed by atoms with Crippen LogP contribution in [0, 0.1) is 5.41 Å². The number of hydrogen-bond acceptors (Lipinski definition) is 6. The van der Waals surface area contributed by atoms with E-state index in [4.69, 9.17) is 4.98 Å². The molecule has 0 aliphatic carbocycles. The van der Waals surface area contributed by atoms with Gasteiger partial charge in [0.15, 0.2) is 0 Å². The van der Waals surface area contributed by atoms with E-state index in [1.807, 2.05) is 17.8 Å². The van der Waals surface area contributed by atoms with E-state index in [1.54, 1.807) is 24.5 Å². The summed E-state index contributed by atoms with van der Waals surface area (Å²) in [6.45, 7) is 13.0. The Balaban J connectivity index is 1.48. The Morgan fingerprint density at radius 2 is 1.76 bits per heavy atom. The van der Waals surface area contributed by atoms with Crippen LogP contribution < -0.4 is 10.2 Å². The Morgan fingerprint density at radius 3 is 2.54 bits per heavy atom. The molecule has 2 aromatic rings. The third kappa shape index (κ3) is 6.96. The summed E-state index contributed by atoms with van der Waals surface area (Å²) in [5, 5.41) is 3.47. The van der Waals surface area contributed by atoms with Gasteiger partial charge in [-0.05, 0) is 91.9 Å². The third-order valence-electron chi connectivity index (χ3n) is 9.12. The Morgan fingerprint density at radius 1 is 1.00 bits per heavy atom. The number of hydrogen-bond donors (Lipinski definition) is 1. The van der Waals surface area contributed by atoms with Gasteiger partial charge in [0.1, 0.15) is 18.0 Å². The molecule has 1 N–H and O–H groups in total. The molecular weight excluding hydrogens is 536 g/mol. The summed E-state index contributed by atoms with van der Waals surface area (Å²) in [7, 11) is 0. The predicted molar refractivity (Wildman–Crippen MR) is 169 cm³/mol. The summed E-state index contributed by atoms with van der Waals surface area (Å²) in [5.41, 5.74) is 4.28. The summed E-state index contributed by atoms with van der Waals surface area (Å²) in [6.07, 6.45) is 10.8. The van der Waals surface area contributed by atoms with Gasteiger partial charge in [-0.1, -0.05) is 51.5 Å². The molecule has 0 radical (unpaired) electrons. The van der Waals surface area contributed by atoms with E-state index in [0.717, 1.165) is 98.1 Å². The molecule has 1 saturated heterocycles. The molecule has 5 nitrogen and oxygen atoms in total. The third-order valence-corrected chi connectivity index (χ3v) is 10.1. The minimum atomic E-state index is -2.85. The fourth-order valence-corrected chi connectivity index (χ4v) is 7.78. The zero-order valence-electron chi connectivity index (χ0n) is 24.7. The highest BCUT2D eigenvalue weighted by molar-refractivity contribution is 7.99. The Kier molecular flexibility index (Phi) is 9.70. The first kappa shape index (κ1) is 30.0. The Hall–Kier alpha value is -2.45. The number of allylic oxidation sites excluding steroid dienone is 1. The van der Waals surface area contributed by atoms with Gasteiger partial charge in [-0.15, -0.1) is 0 Å². The summed E-state index contributed by atoms with van der Waals surface area (Å²) >= 11 is 2.03. The van der Waals surface area contributed by atoms with E-state index in [9.17, 15) is 0 Å². The van der Waals surface area contributed by atoms with Crippen molar-refractivity contribution in [1.29, 1.82) is 0 Å². The molecule has 0 spiro atoms. The first-order valence-electron chi connectivity index (χ1n) is 15.4. The topological polar surface area (TPSA) is 44.3 Å². The van der Waals surface area contributed by atoms with Crippen molar-refractivity contribution in [3.8, 4) is 0 Å². The molecule has 0 saturated carbocycles. The fourth-order valence-electron chi connectivity index (χ4n) is 6.38. The van der Waals surface area contributed by atoms with Crippen molar-refractivity contribution in [2.75, 3.05) is 47.9 Å². The van der Waals surface area contributed by atoms with Crippen LogP contribution in [0.1, 0.15) is 81.9 Å². The lowest BCUT2D eigenvalue weighted by atomic mass is 9.74. The van der Waals surface area contributed by atoms with Gasteiger partial charge in [0, 0.05) is 30.8 Å². The lowest BCUT2D eigenvalue weighted by Crippen LogP contribution is -2.35. The van der Waals surface area contributed by atoms with Crippen molar-refractivity contribution in [3.63, 3.8) is 0 Å². The van der Waals surface area contributed by atoms with Crippen molar-refractivity contribution in [3.05, 3.63) is 65.1 Å². The number of fused-ring (bicyclic) bond motifs is 2. The number of nitrogens with zero attached hydrogens (tertiary/aromatic N) is 4. The smallest absolute Gasteiger partial charge is 0.273 e. The predicted octanol–water partition coefficient (Wildman–Crippen LogP) is 8.11. The second-order valence-corrected chi connectivity index (χ2v) is 13.2. The number of halogens is 2. The molecule has 5 rings (SSSR count). The van der Waals surface area contributed by atoms with Gasteiger partial charge in [0.25, 0.3) is 5.92 Å². The summed E-state index contributed by atoms with van der Waals surface area (Å²) < 4.78 is 30.5. The van der Waals surface area contributed by atoms with Crippen LogP contribution in [0.5, 0.6) is 0 Å². The van der Waals surface area contributed by atoms with Gasteiger partial charge in [-0.2, -0.15) is 11.8 Å². The largest absolute Gasteiger partial charge is 0.365 e. The van der Waals surface area contributed by atoms with E-state index in [-0.39, 0.29) is 17.4 Å². The maximum absolute atomic E-state index is 15.2. The highest BCUT2D eigenvalue weighted by Crippen LogP contribution is 2.49. The quantitative estimate of drug-likeness (QED) is 0.387. The molecule has 41 heavy (non-hydrogen) atoms. The standard InChI is InChI=1S/C33H45F2N5S/c1-4-39-16-7-5-6-8-18-40-25(2)29(32(3)14-19-41-20-15-32)22-28-30(37-24-38-31(28)40)36-23-26-11-9-12-27(21-26)33(34,35)13-10-17-39/h9,11-12,21-22,24H,2,4-8,10,13-20,23H2,1,3H3,(H,36,37,38). The normalized spacial score (nSPS) is 22.4. The van der Waals surface area contributed by atoms with Gasteiger partial charge in [-0.25, -0.2) is 18.7 Å². The SMILES string of the molecule is C=C1C(C2(C)CCSCC2)=Cc2c3ncnc2N1CCCCCCN(CC)CCCC(F)(F)c1cccc(c1)CN3. The minimum Gasteiger partial charge on any atom is -0.365 e. The van der Waals surface area contributed by atoms with E-state index in [1.165, 1.54) is 5.57 Å². The van der Waals surface area contributed by atoms with Crippen molar-refractivity contribution in [2.24, 2.45) is 5.41 Å². The van der Waals surface area contributed by atoms with Crippen LogP contribution in [0.4, 0.5) is 20.4 Å². The molecule has 3 aliphatic heterocycles. The number of rotatable bonds is 2. The van der Waals surface area contributed by atoms with E-state index in [2.05, 4.69) is 46.6 Å². The van der Waals surface area contributed by atoms with Crippen molar-refractivity contribution < 1.29 is 8.78 Å². The van der Waals surface area contributed by atoms with Gasteiger partial charge in [0.05, 0.1) is 5.56 Å². The van der Waals surface area contributed by atoms with Crippen molar-refractivity contribution in [1.82, 2.24) is 14.9 Å². The second kappa shape index (κ2) is 13.2.